The fourth-order valence-corrected chi connectivity index (χ4v) is 2.84. The maximum atomic E-state index is 12.5. The van der Waals surface area contributed by atoms with Gasteiger partial charge in [0.25, 0.3) is 0 Å². The van der Waals surface area contributed by atoms with E-state index < -0.39 is 0 Å². The van der Waals surface area contributed by atoms with Gasteiger partial charge in [0.2, 0.25) is 5.91 Å². The fraction of sp³-hybridized carbons (Fsp3) is 0.562. The van der Waals surface area contributed by atoms with Gasteiger partial charge >= 0.3 is 0 Å². The Bertz CT molecular complexity index is 461. The zero-order chi connectivity index (χ0) is 14.5. The van der Waals surface area contributed by atoms with Crippen molar-refractivity contribution >= 4 is 17.3 Å². The number of benzene rings is 1. The largest absolute Gasteiger partial charge is 0.373 e. The van der Waals surface area contributed by atoms with E-state index in [1.165, 1.54) is 0 Å². The molecule has 1 aliphatic rings. The Hall–Kier alpha value is -1.55. The number of fused-ring (bicyclic) bond motifs is 1. The summed E-state index contributed by atoms with van der Waals surface area (Å²) in [5.41, 5.74) is 2.20. The molecule has 0 bridgehead atoms. The first-order chi connectivity index (χ1) is 9.63. The number of carbonyl (C=O) groups is 1. The van der Waals surface area contributed by atoms with E-state index in [-0.39, 0.29) is 5.91 Å². The molecule has 0 unspecified atom stereocenters. The first-order valence-electron chi connectivity index (χ1n) is 7.38. The molecule has 2 rings (SSSR count). The predicted octanol–water partition coefficient (Wildman–Crippen LogP) is 2.11. The number of rotatable bonds is 4. The molecular weight excluding hydrogens is 250 g/mol. The summed E-state index contributed by atoms with van der Waals surface area (Å²) >= 11 is 0. The van der Waals surface area contributed by atoms with Crippen LogP contribution in [0.4, 0.5) is 11.4 Å². The Morgan fingerprint density at radius 3 is 2.70 bits per heavy atom. The highest BCUT2D eigenvalue weighted by atomic mass is 16.2. The van der Waals surface area contributed by atoms with Gasteiger partial charge in [0, 0.05) is 26.6 Å². The quantitative estimate of drug-likeness (QED) is 0.855. The van der Waals surface area contributed by atoms with Crippen LogP contribution >= 0.6 is 0 Å². The summed E-state index contributed by atoms with van der Waals surface area (Å²) in [6.45, 7) is 4.88. The van der Waals surface area contributed by atoms with E-state index in [2.05, 4.69) is 36.3 Å². The van der Waals surface area contributed by atoms with Gasteiger partial charge in [0.1, 0.15) is 0 Å². The minimum absolute atomic E-state index is 0.231. The van der Waals surface area contributed by atoms with Crippen molar-refractivity contribution in [1.29, 1.82) is 0 Å². The third-order valence-corrected chi connectivity index (χ3v) is 3.78. The SMILES string of the molecule is CNCCCC(=O)N1C[C@@H](C)CN(C)c2ccccc21. The molecule has 1 aromatic rings. The molecule has 4 nitrogen and oxygen atoms in total. The lowest BCUT2D eigenvalue weighted by Gasteiger charge is -2.24. The summed E-state index contributed by atoms with van der Waals surface area (Å²) in [6.07, 6.45) is 1.49. The van der Waals surface area contributed by atoms with Crippen molar-refractivity contribution in [3.8, 4) is 0 Å². The van der Waals surface area contributed by atoms with E-state index in [0.29, 0.717) is 12.3 Å². The normalized spacial score (nSPS) is 18.6. The van der Waals surface area contributed by atoms with Crippen LogP contribution in [0.2, 0.25) is 0 Å². The molecule has 0 aliphatic carbocycles. The Morgan fingerprint density at radius 2 is 2.00 bits per heavy atom. The lowest BCUT2D eigenvalue weighted by molar-refractivity contribution is -0.118. The smallest absolute Gasteiger partial charge is 0.227 e. The van der Waals surface area contributed by atoms with Gasteiger partial charge in [0.15, 0.2) is 0 Å². The zero-order valence-corrected chi connectivity index (χ0v) is 12.7. The number of nitrogens with zero attached hydrogens (tertiary/aromatic N) is 2. The molecule has 4 heteroatoms. The van der Waals surface area contributed by atoms with Gasteiger partial charge in [-0.05, 0) is 38.1 Å². The van der Waals surface area contributed by atoms with Crippen LogP contribution in [0.3, 0.4) is 0 Å². The highest BCUT2D eigenvalue weighted by molar-refractivity contribution is 5.97. The van der Waals surface area contributed by atoms with Crippen LogP contribution in [-0.4, -0.2) is 39.6 Å². The first-order valence-corrected chi connectivity index (χ1v) is 7.38. The second-order valence-electron chi connectivity index (χ2n) is 5.69. The minimum atomic E-state index is 0.231. The summed E-state index contributed by atoms with van der Waals surface area (Å²) in [5.74, 6) is 0.704. The molecule has 0 radical (unpaired) electrons. The fourth-order valence-electron chi connectivity index (χ4n) is 2.84. The number of hydrogen-bond acceptors (Lipinski definition) is 3. The van der Waals surface area contributed by atoms with Crippen molar-refractivity contribution in [3.63, 3.8) is 0 Å². The lowest BCUT2D eigenvalue weighted by Crippen LogP contribution is -2.35. The molecule has 0 saturated heterocycles. The van der Waals surface area contributed by atoms with Crippen molar-refractivity contribution in [2.45, 2.75) is 19.8 Å². The average molecular weight is 275 g/mol. The summed E-state index contributed by atoms with van der Waals surface area (Å²) < 4.78 is 0. The van der Waals surface area contributed by atoms with Gasteiger partial charge < -0.3 is 15.1 Å². The molecule has 1 amide bonds. The van der Waals surface area contributed by atoms with Crippen molar-refractivity contribution in [2.24, 2.45) is 5.92 Å². The molecule has 1 aromatic carbocycles. The molecule has 0 aromatic heterocycles. The van der Waals surface area contributed by atoms with Crippen LogP contribution in [0.5, 0.6) is 0 Å². The topological polar surface area (TPSA) is 35.6 Å². The summed E-state index contributed by atoms with van der Waals surface area (Å²) in [5, 5.41) is 3.09. The Labute approximate surface area is 121 Å². The second kappa shape index (κ2) is 6.75. The van der Waals surface area contributed by atoms with Gasteiger partial charge in [-0.2, -0.15) is 0 Å². The van der Waals surface area contributed by atoms with Crippen molar-refractivity contribution in [3.05, 3.63) is 24.3 Å². The molecule has 1 heterocycles. The highest BCUT2D eigenvalue weighted by Crippen LogP contribution is 2.32. The van der Waals surface area contributed by atoms with Crippen LogP contribution < -0.4 is 15.1 Å². The van der Waals surface area contributed by atoms with Gasteiger partial charge in [-0.3, -0.25) is 4.79 Å². The van der Waals surface area contributed by atoms with Crippen molar-refractivity contribution in [1.82, 2.24) is 5.32 Å². The molecule has 1 N–H and O–H groups in total. The molecule has 0 spiro atoms. The minimum Gasteiger partial charge on any atom is -0.373 e. The van der Waals surface area contributed by atoms with Gasteiger partial charge in [0.05, 0.1) is 11.4 Å². The highest BCUT2D eigenvalue weighted by Gasteiger charge is 2.25. The van der Waals surface area contributed by atoms with Crippen molar-refractivity contribution < 1.29 is 4.79 Å². The number of para-hydroxylation sites is 2. The Morgan fingerprint density at radius 1 is 1.30 bits per heavy atom. The lowest BCUT2D eigenvalue weighted by atomic mass is 10.1. The Kier molecular flexibility index (Phi) is 5.01. The van der Waals surface area contributed by atoms with Crippen LogP contribution in [0.15, 0.2) is 24.3 Å². The number of carbonyl (C=O) groups excluding carboxylic acids is 1. The molecule has 110 valence electrons. The molecule has 0 saturated carbocycles. The zero-order valence-electron chi connectivity index (χ0n) is 12.7. The van der Waals surface area contributed by atoms with Crippen molar-refractivity contribution in [2.75, 3.05) is 43.5 Å². The van der Waals surface area contributed by atoms with Gasteiger partial charge in [-0.15, -0.1) is 0 Å². The molecule has 1 atom stereocenters. The average Bonchev–Trinajstić information content (AvgIpc) is 2.56. The number of amides is 1. The number of hydrogen-bond donors (Lipinski definition) is 1. The third kappa shape index (κ3) is 3.31. The van der Waals surface area contributed by atoms with Crippen LogP contribution in [0.1, 0.15) is 19.8 Å². The molecular formula is C16H25N3O. The maximum absolute atomic E-state index is 12.5. The standard InChI is InChI=1S/C16H25N3O/c1-13-11-18(3)14-7-4-5-8-15(14)19(12-13)16(20)9-6-10-17-2/h4-5,7-8,13,17H,6,9-12H2,1-3H3/t13-/m0/s1. The van der Waals surface area contributed by atoms with E-state index in [4.69, 9.17) is 0 Å². The predicted molar refractivity (Wildman–Crippen MR) is 84.4 cm³/mol. The molecule has 1 aliphatic heterocycles. The van der Waals surface area contributed by atoms with E-state index in [1.807, 2.05) is 24.1 Å². The molecule has 0 fully saturated rings. The van der Waals surface area contributed by atoms with Crippen LogP contribution in [0.25, 0.3) is 0 Å². The van der Waals surface area contributed by atoms with E-state index in [1.54, 1.807) is 0 Å². The second-order valence-corrected chi connectivity index (χ2v) is 5.69. The summed E-state index contributed by atoms with van der Waals surface area (Å²) in [4.78, 5) is 16.7. The van der Waals surface area contributed by atoms with E-state index in [0.717, 1.165) is 37.4 Å². The van der Waals surface area contributed by atoms with Gasteiger partial charge in [-0.25, -0.2) is 0 Å². The number of nitrogens with one attached hydrogen (secondary N) is 1. The summed E-state index contributed by atoms with van der Waals surface area (Å²) in [7, 11) is 4.02. The maximum Gasteiger partial charge on any atom is 0.227 e. The first kappa shape index (κ1) is 14.9. The van der Waals surface area contributed by atoms with E-state index in [9.17, 15) is 4.79 Å². The van der Waals surface area contributed by atoms with Crippen LogP contribution in [-0.2, 0) is 4.79 Å². The van der Waals surface area contributed by atoms with E-state index >= 15 is 0 Å². The molecule has 20 heavy (non-hydrogen) atoms. The van der Waals surface area contributed by atoms with Crippen LogP contribution in [0, 0.1) is 5.92 Å². The monoisotopic (exact) mass is 275 g/mol. The van der Waals surface area contributed by atoms with Gasteiger partial charge in [-0.1, -0.05) is 19.1 Å². The number of anilines is 2. The third-order valence-electron chi connectivity index (χ3n) is 3.78. The summed E-state index contributed by atoms with van der Waals surface area (Å²) in [6, 6.07) is 8.20. The Balaban J connectivity index is 2.22.